The van der Waals surface area contributed by atoms with E-state index in [1.165, 1.54) is 4.90 Å². The highest BCUT2D eigenvalue weighted by Crippen LogP contribution is 2.38. The van der Waals surface area contributed by atoms with Gasteiger partial charge in [-0.3, -0.25) is 4.90 Å². The van der Waals surface area contributed by atoms with E-state index >= 15 is 0 Å². The molecule has 1 aliphatic rings. The van der Waals surface area contributed by atoms with E-state index < -0.39 is 12.2 Å². The molecular weight excluding hydrogens is 243 g/mol. The third-order valence-corrected chi connectivity index (χ3v) is 3.08. The Balaban J connectivity index is 2.30. The number of morpholine rings is 1. The van der Waals surface area contributed by atoms with Gasteiger partial charge in [0, 0.05) is 13.1 Å². The van der Waals surface area contributed by atoms with Gasteiger partial charge in [0.05, 0.1) is 13.2 Å². The zero-order chi connectivity index (χ0) is 13.2. The van der Waals surface area contributed by atoms with Crippen LogP contribution in [0.15, 0.2) is 24.3 Å². The number of alkyl halides is 3. The SMILES string of the molecule is Cc1cccc(C(N2CCOCC2)C(F)(F)F)c1. The summed E-state index contributed by atoms with van der Waals surface area (Å²) < 4.78 is 44.8. The van der Waals surface area contributed by atoms with Crippen LogP contribution in [0.3, 0.4) is 0 Å². The van der Waals surface area contributed by atoms with E-state index in [-0.39, 0.29) is 0 Å². The lowest BCUT2D eigenvalue weighted by molar-refractivity contribution is -0.194. The Hall–Kier alpha value is -1.07. The molecule has 0 bridgehead atoms. The summed E-state index contributed by atoms with van der Waals surface area (Å²) in [5, 5.41) is 0. The minimum atomic E-state index is -4.26. The van der Waals surface area contributed by atoms with Crippen LogP contribution in [-0.2, 0) is 4.74 Å². The Morgan fingerprint density at radius 2 is 1.89 bits per heavy atom. The number of nitrogens with zero attached hydrogens (tertiary/aromatic N) is 1. The number of benzene rings is 1. The zero-order valence-corrected chi connectivity index (χ0v) is 10.2. The third-order valence-electron chi connectivity index (χ3n) is 3.08. The zero-order valence-electron chi connectivity index (χ0n) is 10.2. The van der Waals surface area contributed by atoms with Crippen molar-refractivity contribution >= 4 is 0 Å². The summed E-state index contributed by atoms with van der Waals surface area (Å²) in [4.78, 5) is 1.44. The van der Waals surface area contributed by atoms with Crippen LogP contribution in [0.4, 0.5) is 13.2 Å². The maximum atomic E-state index is 13.2. The average Bonchev–Trinajstić information content (AvgIpc) is 2.28. The third kappa shape index (κ3) is 3.03. The summed E-state index contributed by atoms with van der Waals surface area (Å²) in [5.41, 5.74) is 1.15. The van der Waals surface area contributed by atoms with E-state index in [2.05, 4.69) is 0 Å². The molecule has 0 aromatic heterocycles. The van der Waals surface area contributed by atoms with Gasteiger partial charge in [-0.15, -0.1) is 0 Å². The van der Waals surface area contributed by atoms with Crippen molar-refractivity contribution in [1.29, 1.82) is 0 Å². The van der Waals surface area contributed by atoms with Gasteiger partial charge in [0.15, 0.2) is 0 Å². The molecule has 5 heteroatoms. The molecule has 0 amide bonds. The number of hydrogen-bond donors (Lipinski definition) is 0. The molecule has 0 aliphatic carbocycles. The minimum absolute atomic E-state index is 0.310. The maximum Gasteiger partial charge on any atom is 0.408 e. The standard InChI is InChI=1S/C13H16F3NO/c1-10-3-2-4-11(9-10)12(13(14,15)16)17-5-7-18-8-6-17/h2-4,9,12H,5-8H2,1H3. The van der Waals surface area contributed by atoms with Crippen LogP contribution in [0, 0.1) is 6.92 Å². The molecule has 1 aromatic rings. The van der Waals surface area contributed by atoms with Crippen LogP contribution in [0.5, 0.6) is 0 Å². The van der Waals surface area contributed by atoms with Crippen LogP contribution in [-0.4, -0.2) is 37.4 Å². The number of halogens is 3. The largest absolute Gasteiger partial charge is 0.408 e. The van der Waals surface area contributed by atoms with Crippen LogP contribution in [0.1, 0.15) is 17.2 Å². The summed E-state index contributed by atoms with van der Waals surface area (Å²) in [6.45, 7) is 3.16. The van der Waals surface area contributed by atoms with E-state index in [0.717, 1.165) is 5.56 Å². The van der Waals surface area contributed by atoms with Crippen LogP contribution in [0.2, 0.25) is 0 Å². The summed E-state index contributed by atoms with van der Waals surface area (Å²) in [7, 11) is 0. The fourth-order valence-corrected chi connectivity index (χ4v) is 2.28. The summed E-state index contributed by atoms with van der Waals surface area (Å²) in [5.74, 6) is 0. The first-order valence-electron chi connectivity index (χ1n) is 5.93. The number of ether oxygens (including phenoxy) is 1. The molecule has 1 saturated heterocycles. The van der Waals surface area contributed by atoms with Gasteiger partial charge in [0.1, 0.15) is 6.04 Å². The van der Waals surface area contributed by atoms with Crippen molar-refractivity contribution < 1.29 is 17.9 Å². The lowest BCUT2D eigenvalue weighted by atomic mass is 10.0. The molecule has 18 heavy (non-hydrogen) atoms. The van der Waals surface area contributed by atoms with Crippen LogP contribution in [0.25, 0.3) is 0 Å². The molecule has 2 rings (SSSR count). The molecule has 0 saturated carbocycles. The Labute approximate surface area is 104 Å². The summed E-state index contributed by atoms with van der Waals surface area (Å²) >= 11 is 0. The fraction of sp³-hybridized carbons (Fsp3) is 0.538. The van der Waals surface area contributed by atoms with Gasteiger partial charge in [-0.1, -0.05) is 29.8 Å². The topological polar surface area (TPSA) is 12.5 Å². The first-order valence-corrected chi connectivity index (χ1v) is 5.93. The summed E-state index contributed by atoms with van der Waals surface area (Å²) in [6, 6.07) is 5.09. The van der Waals surface area contributed by atoms with Gasteiger partial charge in [-0.05, 0) is 12.5 Å². The quantitative estimate of drug-likeness (QED) is 0.809. The monoisotopic (exact) mass is 259 g/mol. The molecule has 0 spiro atoms. The first kappa shape index (κ1) is 13.4. The number of hydrogen-bond acceptors (Lipinski definition) is 2. The van der Waals surface area contributed by atoms with Crippen molar-refractivity contribution in [3.05, 3.63) is 35.4 Å². The van der Waals surface area contributed by atoms with Crippen molar-refractivity contribution in [3.8, 4) is 0 Å². The lowest BCUT2D eigenvalue weighted by Gasteiger charge is -2.35. The molecule has 1 atom stereocenters. The van der Waals surface area contributed by atoms with Gasteiger partial charge in [-0.25, -0.2) is 0 Å². The summed E-state index contributed by atoms with van der Waals surface area (Å²) in [6.07, 6.45) is -4.26. The lowest BCUT2D eigenvalue weighted by Crippen LogP contribution is -2.44. The van der Waals surface area contributed by atoms with Crippen molar-refractivity contribution in [1.82, 2.24) is 4.90 Å². The fourth-order valence-electron chi connectivity index (χ4n) is 2.28. The first-order chi connectivity index (χ1) is 8.48. The molecule has 100 valence electrons. The molecule has 1 heterocycles. The molecule has 1 fully saturated rings. The molecule has 1 unspecified atom stereocenters. The normalized spacial score (nSPS) is 19.8. The second-order valence-electron chi connectivity index (χ2n) is 4.51. The van der Waals surface area contributed by atoms with Gasteiger partial charge in [0.25, 0.3) is 0 Å². The predicted molar refractivity (Wildman–Crippen MR) is 62.4 cm³/mol. The number of rotatable bonds is 2. The van der Waals surface area contributed by atoms with Gasteiger partial charge < -0.3 is 4.74 Å². The minimum Gasteiger partial charge on any atom is -0.379 e. The maximum absolute atomic E-state index is 13.2. The molecule has 1 aromatic carbocycles. The van der Waals surface area contributed by atoms with Crippen molar-refractivity contribution in [3.63, 3.8) is 0 Å². The Morgan fingerprint density at radius 1 is 1.22 bits per heavy atom. The molecule has 1 aliphatic heterocycles. The van der Waals surface area contributed by atoms with Crippen LogP contribution >= 0.6 is 0 Å². The predicted octanol–water partition coefficient (Wildman–Crippen LogP) is 2.93. The number of aryl methyl sites for hydroxylation is 1. The molecule has 0 N–H and O–H groups in total. The second kappa shape index (κ2) is 5.28. The van der Waals surface area contributed by atoms with Crippen LogP contribution < -0.4 is 0 Å². The van der Waals surface area contributed by atoms with E-state index in [1.54, 1.807) is 31.2 Å². The van der Waals surface area contributed by atoms with Gasteiger partial charge in [0.2, 0.25) is 0 Å². The van der Waals surface area contributed by atoms with E-state index in [4.69, 9.17) is 4.74 Å². The van der Waals surface area contributed by atoms with Crippen molar-refractivity contribution in [2.75, 3.05) is 26.3 Å². The van der Waals surface area contributed by atoms with Crippen molar-refractivity contribution in [2.24, 2.45) is 0 Å². The Kier molecular flexibility index (Phi) is 3.92. The smallest absolute Gasteiger partial charge is 0.379 e. The van der Waals surface area contributed by atoms with Gasteiger partial charge in [-0.2, -0.15) is 13.2 Å². The highest BCUT2D eigenvalue weighted by atomic mass is 19.4. The van der Waals surface area contributed by atoms with Crippen molar-refractivity contribution in [2.45, 2.75) is 19.1 Å². The molecule has 2 nitrogen and oxygen atoms in total. The van der Waals surface area contributed by atoms with E-state index in [0.29, 0.717) is 31.9 Å². The van der Waals surface area contributed by atoms with E-state index in [1.807, 2.05) is 0 Å². The molecular formula is C13H16F3NO. The highest BCUT2D eigenvalue weighted by Gasteiger charge is 2.44. The average molecular weight is 259 g/mol. The Morgan fingerprint density at radius 3 is 2.44 bits per heavy atom. The van der Waals surface area contributed by atoms with E-state index in [9.17, 15) is 13.2 Å². The Bertz CT molecular complexity index is 399. The highest BCUT2D eigenvalue weighted by molar-refractivity contribution is 5.26. The molecule has 0 radical (unpaired) electrons. The second-order valence-corrected chi connectivity index (χ2v) is 4.51. The van der Waals surface area contributed by atoms with Gasteiger partial charge >= 0.3 is 6.18 Å².